The Morgan fingerprint density at radius 2 is 1.91 bits per heavy atom. The highest BCUT2D eigenvalue weighted by molar-refractivity contribution is 7.14. The number of thiophene rings is 1. The first-order valence-electron chi connectivity index (χ1n) is 7.40. The number of carbonyl (C=O) groups is 3. The zero-order valence-electron chi connectivity index (χ0n) is 12.6. The van der Waals surface area contributed by atoms with Crippen LogP contribution in [-0.2, 0) is 22.4 Å². The lowest BCUT2D eigenvalue weighted by Gasteiger charge is -2.07. The van der Waals surface area contributed by atoms with Crippen molar-refractivity contribution in [3.05, 3.63) is 21.4 Å². The number of urea groups is 1. The molecule has 0 unspecified atom stereocenters. The van der Waals surface area contributed by atoms with Gasteiger partial charge in [0.25, 0.3) is 5.91 Å². The van der Waals surface area contributed by atoms with Gasteiger partial charge in [0.2, 0.25) is 0 Å². The minimum atomic E-state index is -0.650. The number of aryl methyl sites for hydroxylation is 2. The molecule has 0 atom stereocenters. The van der Waals surface area contributed by atoms with E-state index in [0.717, 1.165) is 25.7 Å². The van der Waals surface area contributed by atoms with Crippen LogP contribution >= 0.6 is 11.3 Å². The number of rotatable bonds is 3. The second-order valence-corrected chi connectivity index (χ2v) is 6.31. The van der Waals surface area contributed by atoms with Crippen LogP contribution in [-0.4, -0.2) is 31.6 Å². The van der Waals surface area contributed by atoms with E-state index in [-0.39, 0.29) is 0 Å². The highest BCUT2D eigenvalue weighted by Gasteiger charge is 2.18. The fourth-order valence-corrected chi connectivity index (χ4v) is 3.52. The van der Waals surface area contributed by atoms with Gasteiger partial charge >= 0.3 is 12.0 Å². The van der Waals surface area contributed by atoms with E-state index in [0.29, 0.717) is 4.88 Å². The van der Waals surface area contributed by atoms with Gasteiger partial charge in [-0.15, -0.1) is 11.3 Å². The van der Waals surface area contributed by atoms with Gasteiger partial charge in [0.05, 0.1) is 0 Å². The number of esters is 1. The number of hydrogen-bond donors (Lipinski definition) is 2. The van der Waals surface area contributed by atoms with Gasteiger partial charge < -0.3 is 10.1 Å². The average Bonchev–Trinajstić information content (AvgIpc) is 2.87. The van der Waals surface area contributed by atoms with Gasteiger partial charge in [-0.2, -0.15) is 0 Å². The van der Waals surface area contributed by atoms with Gasteiger partial charge in [-0.25, -0.2) is 9.59 Å². The molecular weight excluding hydrogens is 304 g/mol. The molecule has 0 aliphatic heterocycles. The summed E-state index contributed by atoms with van der Waals surface area (Å²) in [6, 6.07) is 1.25. The van der Waals surface area contributed by atoms with E-state index < -0.39 is 24.5 Å². The molecule has 0 saturated carbocycles. The quantitative estimate of drug-likeness (QED) is 0.833. The van der Waals surface area contributed by atoms with E-state index in [4.69, 9.17) is 4.74 Å². The predicted molar refractivity (Wildman–Crippen MR) is 83.1 cm³/mol. The molecule has 0 spiro atoms. The Balaban J connectivity index is 1.91. The molecule has 0 aromatic carbocycles. The highest BCUT2D eigenvalue weighted by atomic mass is 32.1. The number of nitrogens with one attached hydrogen (secondary N) is 2. The van der Waals surface area contributed by atoms with Crippen LogP contribution in [0.1, 0.15) is 45.8 Å². The van der Waals surface area contributed by atoms with Crippen molar-refractivity contribution in [1.82, 2.24) is 10.6 Å². The molecule has 1 aromatic heterocycles. The molecular formula is C15H20N2O4S. The molecule has 1 heterocycles. The summed E-state index contributed by atoms with van der Waals surface area (Å²) >= 11 is 1.45. The van der Waals surface area contributed by atoms with E-state index in [1.54, 1.807) is 0 Å². The van der Waals surface area contributed by atoms with Crippen molar-refractivity contribution in [1.29, 1.82) is 0 Å². The van der Waals surface area contributed by atoms with Crippen molar-refractivity contribution < 1.29 is 19.1 Å². The molecule has 7 heteroatoms. The molecule has 0 bridgehead atoms. The van der Waals surface area contributed by atoms with Gasteiger partial charge in [0.1, 0.15) is 4.88 Å². The average molecular weight is 324 g/mol. The zero-order chi connectivity index (χ0) is 15.9. The van der Waals surface area contributed by atoms with Crippen molar-refractivity contribution in [3.63, 3.8) is 0 Å². The van der Waals surface area contributed by atoms with E-state index in [9.17, 15) is 14.4 Å². The number of carbonyl (C=O) groups excluding carboxylic acids is 3. The molecule has 1 aliphatic carbocycles. The number of ether oxygens (including phenoxy) is 1. The third-order valence-corrected chi connectivity index (χ3v) is 4.73. The first-order chi connectivity index (χ1) is 10.6. The summed E-state index contributed by atoms with van der Waals surface area (Å²) in [5, 5.41) is 4.29. The largest absolute Gasteiger partial charge is 0.451 e. The molecule has 1 aromatic rings. The summed E-state index contributed by atoms with van der Waals surface area (Å²) in [6.45, 7) is -0.463. The Hall–Kier alpha value is -1.89. The molecule has 0 fully saturated rings. The molecule has 2 N–H and O–H groups in total. The Morgan fingerprint density at radius 3 is 2.64 bits per heavy atom. The summed E-state index contributed by atoms with van der Waals surface area (Å²) in [7, 11) is 1.40. The Bertz CT molecular complexity index is 542. The first kappa shape index (κ1) is 16.5. The van der Waals surface area contributed by atoms with Crippen molar-refractivity contribution in [2.24, 2.45) is 0 Å². The maximum atomic E-state index is 12.0. The second-order valence-electron chi connectivity index (χ2n) is 5.18. The van der Waals surface area contributed by atoms with Crippen LogP contribution < -0.4 is 10.6 Å². The third kappa shape index (κ3) is 4.56. The molecule has 22 heavy (non-hydrogen) atoms. The van der Waals surface area contributed by atoms with Gasteiger partial charge in [-0.3, -0.25) is 10.1 Å². The van der Waals surface area contributed by atoms with Gasteiger partial charge in [0.15, 0.2) is 6.61 Å². The molecule has 0 saturated heterocycles. The van der Waals surface area contributed by atoms with Crippen molar-refractivity contribution >= 4 is 29.2 Å². The van der Waals surface area contributed by atoms with Crippen LogP contribution in [0.25, 0.3) is 0 Å². The smallest absolute Gasteiger partial charge is 0.348 e. The summed E-state index contributed by atoms with van der Waals surface area (Å²) in [5.41, 5.74) is 1.23. The summed E-state index contributed by atoms with van der Waals surface area (Å²) in [5.74, 6) is -1.16. The summed E-state index contributed by atoms with van der Waals surface area (Å²) < 4.78 is 4.95. The number of amides is 3. The number of imide groups is 1. The maximum Gasteiger partial charge on any atom is 0.348 e. The van der Waals surface area contributed by atoms with Crippen LogP contribution in [0.3, 0.4) is 0 Å². The Kier molecular flexibility index (Phi) is 5.94. The maximum absolute atomic E-state index is 12.0. The van der Waals surface area contributed by atoms with Crippen molar-refractivity contribution in [2.75, 3.05) is 13.7 Å². The Labute approximate surface area is 133 Å². The lowest BCUT2D eigenvalue weighted by Crippen LogP contribution is -2.39. The van der Waals surface area contributed by atoms with Crippen molar-refractivity contribution in [2.45, 2.75) is 38.5 Å². The minimum absolute atomic E-state index is 0.463. The lowest BCUT2D eigenvalue weighted by atomic mass is 10.00. The predicted octanol–water partition coefficient (Wildman–Crippen LogP) is 2.02. The normalized spacial score (nSPS) is 14.2. The molecule has 0 radical (unpaired) electrons. The highest BCUT2D eigenvalue weighted by Crippen LogP contribution is 2.28. The zero-order valence-corrected chi connectivity index (χ0v) is 13.4. The molecule has 120 valence electrons. The molecule has 3 amide bonds. The van der Waals surface area contributed by atoms with Gasteiger partial charge in [0, 0.05) is 11.9 Å². The van der Waals surface area contributed by atoms with E-state index in [2.05, 4.69) is 5.32 Å². The standard InChI is InChI=1S/C15H20N2O4S/c1-16-15(20)17-13(18)9-21-14(19)12-8-10-6-4-2-3-5-7-11(10)22-12/h8H,2-7,9H2,1H3,(H2,16,17,18,20). The van der Waals surface area contributed by atoms with Gasteiger partial charge in [-0.05, 0) is 37.3 Å². The number of fused-ring (bicyclic) bond motifs is 1. The van der Waals surface area contributed by atoms with Crippen molar-refractivity contribution in [3.8, 4) is 0 Å². The monoisotopic (exact) mass is 324 g/mol. The first-order valence-corrected chi connectivity index (χ1v) is 8.22. The van der Waals surface area contributed by atoms with E-state index in [1.807, 2.05) is 11.4 Å². The third-order valence-electron chi connectivity index (χ3n) is 3.51. The van der Waals surface area contributed by atoms with E-state index in [1.165, 1.54) is 41.7 Å². The molecule has 2 rings (SSSR count). The SMILES string of the molecule is CNC(=O)NC(=O)COC(=O)c1cc2c(s1)CCCCCC2. The summed E-state index contributed by atoms with van der Waals surface area (Å²) in [6.07, 6.45) is 6.76. The lowest BCUT2D eigenvalue weighted by molar-refractivity contribution is -0.123. The van der Waals surface area contributed by atoms with Crippen LogP contribution in [0.2, 0.25) is 0 Å². The van der Waals surface area contributed by atoms with Crippen LogP contribution in [0.4, 0.5) is 4.79 Å². The topological polar surface area (TPSA) is 84.5 Å². The fourth-order valence-electron chi connectivity index (χ4n) is 2.37. The summed E-state index contributed by atoms with van der Waals surface area (Å²) in [4.78, 5) is 36.1. The molecule has 6 nitrogen and oxygen atoms in total. The minimum Gasteiger partial charge on any atom is -0.451 e. The van der Waals surface area contributed by atoms with Crippen LogP contribution in [0.5, 0.6) is 0 Å². The van der Waals surface area contributed by atoms with Gasteiger partial charge in [-0.1, -0.05) is 12.8 Å². The number of hydrogen-bond acceptors (Lipinski definition) is 5. The molecule has 1 aliphatic rings. The Morgan fingerprint density at radius 1 is 1.18 bits per heavy atom. The van der Waals surface area contributed by atoms with E-state index >= 15 is 0 Å². The fraction of sp³-hybridized carbons (Fsp3) is 0.533. The van der Waals surface area contributed by atoms with Crippen LogP contribution in [0.15, 0.2) is 6.07 Å². The van der Waals surface area contributed by atoms with Crippen LogP contribution in [0, 0.1) is 0 Å². The second kappa shape index (κ2) is 7.93.